The van der Waals surface area contributed by atoms with E-state index in [0.717, 1.165) is 12.0 Å². The highest BCUT2D eigenvalue weighted by Gasteiger charge is 2.12. The zero-order valence-corrected chi connectivity index (χ0v) is 13.5. The molecule has 6 heteroatoms. The summed E-state index contributed by atoms with van der Waals surface area (Å²) in [5.41, 5.74) is 1.33. The molecule has 20 heavy (non-hydrogen) atoms. The Morgan fingerprint density at radius 3 is 2.35 bits per heavy atom. The molecule has 0 aliphatic carbocycles. The van der Waals surface area contributed by atoms with E-state index >= 15 is 0 Å². The first-order chi connectivity index (χ1) is 9.58. The second-order valence-electron chi connectivity index (χ2n) is 4.03. The van der Waals surface area contributed by atoms with Gasteiger partial charge in [-0.15, -0.1) is 0 Å². The quantitative estimate of drug-likeness (QED) is 0.826. The molecule has 1 aromatic carbocycles. The van der Waals surface area contributed by atoms with Crippen molar-refractivity contribution in [3.63, 3.8) is 0 Å². The summed E-state index contributed by atoms with van der Waals surface area (Å²) in [5, 5.41) is 8.96. The van der Waals surface area contributed by atoms with E-state index in [0.29, 0.717) is 21.3 Å². The summed E-state index contributed by atoms with van der Waals surface area (Å²) < 4.78 is 6.92. The van der Waals surface area contributed by atoms with Gasteiger partial charge in [-0.1, -0.05) is 0 Å². The molecular weight excluding hydrogens is 390 g/mol. The fraction of sp³-hybridized carbons (Fsp3) is 0.143. The van der Waals surface area contributed by atoms with Gasteiger partial charge in [-0.2, -0.15) is 0 Å². The largest absolute Gasteiger partial charge is 0.491 e. The van der Waals surface area contributed by atoms with E-state index < -0.39 is 5.97 Å². The van der Waals surface area contributed by atoms with Gasteiger partial charge < -0.3 is 9.84 Å². The molecule has 0 aliphatic heterocycles. The molecule has 0 saturated carbocycles. The topological polar surface area (TPSA) is 59.4 Å². The highest BCUT2D eigenvalue weighted by atomic mass is 79.9. The molecule has 0 radical (unpaired) electrons. The molecule has 0 saturated heterocycles. The fourth-order valence-corrected chi connectivity index (χ4v) is 3.06. The SMILES string of the molecule is O=C(O)c1cc(Br)c(OCCc2ccncc2)c(Br)c1. The van der Waals surface area contributed by atoms with E-state index in [2.05, 4.69) is 36.8 Å². The van der Waals surface area contributed by atoms with Gasteiger partial charge in [0.2, 0.25) is 0 Å². The van der Waals surface area contributed by atoms with Gasteiger partial charge in [0.05, 0.1) is 21.1 Å². The molecule has 0 unspecified atom stereocenters. The van der Waals surface area contributed by atoms with Crippen LogP contribution in [0, 0.1) is 0 Å². The second kappa shape index (κ2) is 6.85. The number of carbonyl (C=O) groups is 1. The molecule has 1 aromatic heterocycles. The van der Waals surface area contributed by atoms with Crippen molar-refractivity contribution in [3.8, 4) is 5.75 Å². The minimum absolute atomic E-state index is 0.199. The molecule has 0 spiro atoms. The summed E-state index contributed by atoms with van der Waals surface area (Å²) in [6.07, 6.45) is 4.23. The lowest BCUT2D eigenvalue weighted by Gasteiger charge is -2.11. The van der Waals surface area contributed by atoms with Gasteiger partial charge >= 0.3 is 5.97 Å². The average molecular weight is 401 g/mol. The lowest BCUT2D eigenvalue weighted by Crippen LogP contribution is -2.04. The van der Waals surface area contributed by atoms with Gasteiger partial charge in [0.25, 0.3) is 0 Å². The van der Waals surface area contributed by atoms with Crippen molar-refractivity contribution in [1.29, 1.82) is 0 Å². The molecule has 0 amide bonds. The molecule has 0 atom stereocenters. The van der Waals surface area contributed by atoms with Crippen LogP contribution in [0.2, 0.25) is 0 Å². The predicted molar refractivity (Wildman–Crippen MR) is 82.2 cm³/mol. The van der Waals surface area contributed by atoms with E-state index in [4.69, 9.17) is 9.84 Å². The van der Waals surface area contributed by atoms with Crippen LogP contribution < -0.4 is 4.74 Å². The van der Waals surface area contributed by atoms with Crippen molar-refractivity contribution in [3.05, 3.63) is 56.7 Å². The highest BCUT2D eigenvalue weighted by molar-refractivity contribution is 9.11. The Hall–Kier alpha value is -1.40. The fourth-order valence-electron chi connectivity index (χ4n) is 1.64. The van der Waals surface area contributed by atoms with Crippen molar-refractivity contribution in [2.45, 2.75) is 6.42 Å². The molecule has 0 bridgehead atoms. The summed E-state index contributed by atoms with van der Waals surface area (Å²) in [5.74, 6) is -0.376. The summed E-state index contributed by atoms with van der Waals surface area (Å²) in [6, 6.07) is 6.91. The molecule has 0 aliphatic rings. The van der Waals surface area contributed by atoms with E-state index in [1.54, 1.807) is 12.4 Å². The third-order valence-electron chi connectivity index (χ3n) is 2.63. The van der Waals surface area contributed by atoms with E-state index in [1.165, 1.54) is 12.1 Å². The normalized spacial score (nSPS) is 10.3. The number of hydrogen-bond donors (Lipinski definition) is 1. The Kier molecular flexibility index (Phi) is 5.14. The number of pyridine rings is 1. The van der Waals surface area contributed by atoms with Crippen LogP contribution in [0.25, 0.3) is 0 Å². The van der Waals surface area contributed by atoms with Crippen LogP contribution in [0.15, 0.2) is 45.6 Å². The monoisotopic (exact) mass is 399 g/mol. The number of benzene rings is 1. The van der Waals surface area contributed by atoms with Crippen molar-refractivity contribution in [1.82, 2.24) is 4.98 Å². The van der Waals surface area contributed by atoms with Crippen molar-refractivity contribution in [2.24, 2.45) is 0 Å². The van der Waals surface area contributed by atoms with Gasteiger partial charge in [0.15, 0.2) is 0 Å². The summed E-state index contributed by atoms with van der Waals surface area (Å²) in [4.78, 5) is 14.9. The Morgan fingerprint density at radius 1 is 1.20 bits per heavy atom. The minimum atomic E-state index is -0.977. The number of halogens is 2. The number of carboxylic acid groups (broad SMARTS) is 1. The van der Waals surface area contributed by atoms with Crippen LogP contribution in [0.3, 0.4) is 0 Å². The standard InChI is InChI=1S/C14H11Br2NO3/c15-11-7-10(14(18)19)8-12(16)13(11)20-6-3-9-1-4-17-5-2-9/h1-2,4-5,7-8H,3,6H2,(H,18,19). The lowest BCUT2D eigenvalue weighted by atomic mass is 10.2. The van der Waals surface area contributed by atoms with Gasteiger partial charge in [-0.3, -0.25) is 4.98 Å². The number of rotatable bonds is 5. The lowest BCUT2D eigenvalue weighted by molar-refractivity contribution is 0.0696. The zero-order valence-electron chi connectivity index (χ0n) is 10.3. The highest BCUT2D eigenvalue weighted by Crippen LogP contribution is 2.34. The molecule has 2 aromatic rings. The number of carboxylic acids is 1. The minimum Gasteiger partial charge on any atom is -0.491 e. The average Bonchev–Trinajstić information content (AvgIpc) is 2.42. The Bertz CT molecular complexity index is 594. The molecule has 1 heterocycles. The number of hydrogen-bond acceptors (Lipinski definition) is 3. The third kappa shape index (κ3) is 3.80. The number of aromatic carboxylic acids is 1. The maximum atomic E-state index is 10.9. The first-order valence-corrected chi connectivity index (χ1v) is 7.40. The van der Waals surface area contributed by atoms with Crippen LogP contribution in [0.5, 0.6) is 5.75 Å². The second-order valence-corrected chi connectivity index (χ2v) is 5.74. The number of aromatic nitrogens is 1. The van der Waals surface area contributed by atoms with Crippen LogP contribution in [-0.2, 0) is 6.42 Å². The van der Waals surface area contributed by atoms with Crippen molar-refractivity contribution >= 4 is 37.8 Å². The van der Waals surface area contributed by atoms with Crippen LogP contribution in [0.4, 0.5) is 0 Å². The smallest absolute Gasteiger partial charge is 0.335 e. The maximum absolute atomic E-state index is 10.9. The van der Waals surface area contributed by atoms with Crippen LogP contribution in [0.1, 0.15) is 15.9 Å². The number of ether oxygens (including phenoxy) is 1. The van der Waals surface area contributed by atoms with Crippen LogP contribution in [-0.4, -0.2) is 22.7 Å². The van der Waals surface area contributed by atoms with Gasteiger partial charge in [-0.25, -0.2) is 4.79 Å². The van der Waals surface area contributed by atoms with Crippen molar-refractivity contribution in [2.75, 3.05) is 6.61 Å². The van der Waals surface area contributed by atoms with Gasteiger partial charge in [0.1, 0.15) is 5.75 Å². The number of nitrogens with zero attached hydrogens (tertiary/aromatic N) is 1. The molecular formula is C14H11Br2NO3. The predicted octanol–water partition coefficient (Wildman–Crippen LogP) is 3.93. The third-order valence-corrected chi connectivity index (χ3v) is 3.81. The zero-order chi connectivity index (χ0) is 14.5. The molecule has 104 valence electrons. The summed E-state index contributed by atoms with van der Waals surface area (Å²) in [7, 11) is 0. The molecule has 1 N–H and O–H groups in total. The first kappa shape index (κ1) is 15.0. The van der Waals surface area contributed by atoms with Crippen LogP contribution >= 0.6 is 31.9 Å². The van der Waals surface area contributed by atoms with Gasteiger partial charge in [0, 0.05) is 18.8 Å². The Morgan fingerprint density at radius 2 is 1.80 bits per heavy atom. The van der Waals surface area contributed by atoms with E-state index in [9.17, 15) is 4.79 Å². The Labute approximate surface area is 133 Å². The van der Waals surface area contributed by atoms with Gasteiger partial charge in [-0.05, 0) is 61.7 Å². The van der Waals surface area contributed by atoms with Crippen molar-refractivity contribution < 1.29 is 14.6 Å². The van der Waals surface area contributed by atoms with E-state index in [-0.39, 0.29) is 5.56 Å². The maximum Gasteiger partial charge on any atom is 0.335 e. The summed E-state index contributed by atoms with van der Waals surface area (Å²) in [6.45, 7) is 0.494. The first-order valence-electron chi connectivity index (χ1n) is 5.82. The molecule has 4 nitrogen and oxygen atoms in total. The Balaban J connectivity index is 2.05. The van der Waals surface area contributed by atoms with E-state index in [1.807, 2.05) is 12.1 Å². The molecule has 2 rings (SSSR count). The summed E-state index contributed by atoms with van der Waals surface area (Å²) >= 11 is 6.65. The molecule has 0 fully saturated rings.